The zero-order valence-corrected chi connectivity index (χ0v) is 19.4. The third kappa shape index (κ3) is 5.22. The van der Waals surface area contributed by atoms with Crippen LogP contribution in [0.3, 0.4) is 0 Å². The number of amides is 2. The first kappa shape index (κ1) is 24.1. The molecule has 2 amide bonds. The fraction of sp³-hybridized carbons (Fsp3) is 0.115. The Bertz CT molecular complexity index is 1350. The van der Waals surface area contributed by atoms with Crippen molar-refractivity contribution in [2.45, 2.75) is 0 Å². The number of carboxylic acids is 1. The van der Waals surface area contributed by atoms with Crippen LogP contribution >= 0.6 is 0 Å². The summed E-state index contributed by atoms with van der Waals surface area (Å²) in [5, 5.41) is 14.6. The molecule has 0 atom stereocenters. The Kier molecular flexibility index (Phi) is 7.05. The van der Waals surface area contributed by atoms with Gasteiger partial charge in [-0.05, 0) is 42.5 Å². The van der Waals surface area contributed by atoms with Gasteiger partial charge in [0.05, 0.1) is 25.5 Å². The second-order valence-electron chi connectivity index (χ2n) is 7.50. The quantitative estimate of drug-likeness (QED) is 0.409. The minimum atomic E-state index is -1.17. The molecule has 10 nitrogen and oxygen atoms in total. The second-order valence-corrected chi connectivity index (χ2v) is 7.50. The molecule has 1 aliphatic heterocycles. The lowest BCUT2D eigenvalue weighted by molar-refractivity contribution is -0.113. The van der Waals surface area contributed by atoms with E-state index in [-0.39, 0.29) is 29.5 Å². The molecule has 0 aromatic heterocycles. The lowest BCUT2D eigenvalue weighted by atomic mass is 10.1. The Balaban J connectivity index is 1.73. The van der Waals surface area contributed by atoms with Gasteiger partial charge in [-0.15, -0.1) is 0 Å². The van der Waals surface area contributed by atoms with Crippen LogP contribution in [-0.4, -0.2) is 43.9 Å². The maximum Gasteiger partial charge on any atom is 0.335 e. The van der Waals surface area contributed by atoms with Crippen molar-refractivity contribution in [3.05, 3.63) is 83.1 Å². The van der Waals surface area contributed by atoms with E-state index in [2.05, 4.69) is 10.6 Å². The van der Waals surface area contributed by atoms with E-state index in [1.807, 2.05) is 0 Å². The van der Waals surface area contributed by atoms with Crippen LogP contribution in [-0.2, 0) is 4.79 Å². The number of fused-ring (bicyclic) bond motifs is 1. The molecular formula is C26H22N2O8. The molecule has 10 heteroatoms. The van der Waals surface area contributed by atoms with E-state index < -0.39 is 17.8 Å². The number of nitrogens with one attached hydrogen (secondary N) is 2. The third-order valence-corrected chi connectivity index (χ3v) is 5.25. The summed E-state index contributed by atoms with van der Waals surface area (Å²) in [5.41, 5.74) is 0.692. The molecule has 0 saturated carbocycles. The Morgan fingerprint density at radius 2 is 1.58 bits per heavy atom. The Hall–Kier alpha value is -4.99. The number of carbonyl (C=O) groups excluding carboxylic acids is 2. The lowest BCUT2D eigenvalue weighted by Gasteiger charge is -2.15. The standard InChI is InChI=1S/C26H22N2O8/c1-33-20-9-8-16(26(31)32)10-18(20)27-25(30)19(28-24(29)15-6-4-3-5-7-15)11-17-12-22-23(36-14-35-22)13-21(17)34-2/h3-13H,14H2,1-2H3,(H,27,30)(H,28,29)(H,31,32). The normalized spacial score (nSPS) is 12.0. The molecule has 0 saturated heterocycles. The Morgan fingerprint density at radius 3 is 2.25 bits per heavy atom. The molecule has 4 rings (SSSR count). The highest BCUT2D eigenvalue weighted by Gasteiger charge is 2.21. The molecule has 3 aromatic rings. The molecule has 184 valence electrons. The number of rotatable bonds is 8. The summed E-state index contributed by atoms with van der Waals surface area (Å²) in [6, 6.07) is 15.6. The molecule has 0 radical (unpaired) electrons. The van der Waals surface area contributed by atoms with Crippen LogP contribution in [0.15, 0.2) is 66.4 Å². The molecule has 0 fully saturated rings. The molecule has 1 heterocycles. The van der Waals surface area contributed by atoms with Gasteiger partial charge in [0, 0.05) is 17.2 Å². The van der Waals surface area contributed by atoms with Crippen LogP contribution in [0.25, 0.3) is 6.08 Å². The molecule has 1 aliphatic rings. The number of carboxylic acid groups (broad SMARTS) is 1. The third-order valence-electron chi connectivity index (χ3n) is 5.25. The van der Waals surface area contributed by atoms with Crippen molar-refractivity contribution in [1.29, 1.82) is 0 Å². The average molecular weight is 490 g/mol. The summed E-state index contributed by atoms with van der Waals surface area (Å²) in [6.07, 6.45) is 1.42. The number of hydrogen-bond acceptors (Lipinski definition) is 7. The summed E-state index contributed by atoms with van der Waals surface area (Å²) < 4.78 is 21.5. The van der Waals surface area contributed by atoms with E-state index in [1.54, 1.807) is 42.5 Å². The number of hydrogen-bond donors (Lipinski definition) is 3. The maximum atomic E-state index is 13.4. The largest absolute Gasteiger partial charge is 0.496 e. The summed E-state index contributed by atoms with van der Waals surface area (Å²) in [6.45, 7) is 0.0451. The van der Waals surface area contributed by atoms with Crippen molar-refractivity contribution in [3.8, 4) is 23.0 Å². The van der Waals surface area contributed by atoms with Crippen molar-refractivity contribution in [1.82, 2.24) is 5.32 Å². The van der Waals surface area contributed by atoms with Crippen molar-refractivity contribution in [2.75, 3.05) is 26.3 Å². The van der Waals surface area contributed by atoms with E-state index in [1.165, 1.54) is 38.5 Å². The van der Waals surface area contributed by atoms with E-state index in [4.69, 9.17) is 18.9 Å². The molecule has 0 aliphatic carbocycles. The van der Waals surface area contributed by atoms with Crippen molar-refractivity contribution >= 4 is 29.5 Å². The van der Waals surface area contributed by atoms with Crippen LogP contribution in [0, 0.1) is 0 Å². The average Bonchev–Trinajstić information content (AvgIpc) is 3.35. The molecule has 3 N–H and O–H groups in total. The highest BCUT2D eigenvalue weighted by atomic mass is 16.7. The highest BCUT2D eigenvalue weighted by Crippen LogP contribution is 2.39. The van der Waals surface area contributed by atoms with E-state index in [9.17, 15) is 19.5 Å². The minimum absolute atomic E-state index is 0.0451. The van der Waals surface area contributed by atoms with Gasteiger partial charge in [0.25, 0.3) is 11.8 Å². The summed E-state index contributed by atoms with van der Waals surface area (Å²) >= 11 is 0. The number of anilines is 1. The van der Waals surface area contributed by atoms with Crippen LogP contribution in [0.5, 0.6) is 23.0 Å². The van der Waals surface area contributed by atoms with Gasteiger partial charge in [0.1, 0.15) is 17.2 Å². The Morgan fingerprint density at radius 1 is 0.889 bits per heavy atom. The van der Waals surface area contributed by atoms with Gasteiger partial charge < -0.3 is 34.7 Å². The first-order valence-corrected chi connectivity index (χ1v) is 10.7. The second kappa shape index (κ2) is 10.5. The first-order valence-electron chi connectivity index (χ1n) is 10.7. The first-order chi connectivity index (χ1) is 17.4. The van der Waals surface area contributed by atoms with Gasteiger partial charge in [-0.2, -0.15) is 0 Å². The predicted octanol–water partition coefficient (Wildman–Crippen LogP) is 3.54. The van der Waals surface area contributed by atoms with E-state index in [0.29, 0.717) is 28.4 Å². The summed E-state index contributed by atoms with van der Waals surface area (Å²) in [4.78, 5) is 37.7. The van der Waals surface area contributed by atoms with Crippen LogP contribution in [0.1, 0.15) is 26.3 Å². The monoisotopic (exact) mass is 490 g/mol. The topological polar surface area (TPSA) is 132 Å². The summed E-state index contributed by atoms with van der Waals surface area (Å²) in [7, 11) is 2.84. The molecule has 36 heavy (non-hydrogen) atoms. The van der Waals surface area contributed by atoms with Gasteiger partial charge in [-0.3, -0.25) is 9.59 Å². The maximum absolute atomic E-state index is 13.4. The molecular weight excluding hydrogens is 468 g/mol. The fourth-order valence-corrected chi connectivity index (χ4v) is 3.45. The Labute approximate surface area is 206 Å². The zero-order chi connectivity index (χ0) is 25.7. The summed E-state index contributed by atoms with van der Waals surface area (Å²) in [5.74, 6) is -0.869. The van der Waals surface area contributed by atoms with E-state index >= 15 is 0 Å². The lowest BCUT2D eigenvalue weighted by Crippen LogP contribution is -2.31. The number of methoxy groups -OCH3 is 2. The molecule has 0 unspecified atom stereocenters. The highest BCUT2D eigenvalue weighted by molar-refractivity contribution is 6.11. The van der Waals surface area contributed by atoms with Crippen molar-refractivity contribution < 1.29 is 38.4 Å². The van der Waals surface area contributed by atoms with Gasteiger partial charge in [0.2, 0.25) is 6.79 Å². The fourth-order valence-electron chi connectivity index (χ4n) is 3.45. The van der Waals surface area contributed by atoms with Crippen LogP contribution < -0.4 is 29.6 Å². The van der Waals surface area contributed by atoms with Gasteiger partial charge in [0.15, 0.2) is 11.5 Å². The predicted molar refractivity (Wildman–Crippen MR) is 130 cm³/mol. The minimum Gasteiger partial charge on any atom is -0.496 e. The SMILES string of the molecule is COc1cc2c(cc1C=C(NC(=O)c1ccccc1)C(=O)Nc1cc(C(=O)O)ccc1OC)OCO2. The van der Waals surface area contributed by atoms with Gasteiger partial charge in [-0.1, -0.05) is 18.2 Å². The number of benzene rings is 3. The van der Waals surface area contributed by atoms with Crippen molar-refractivity contribution in [2.24, 2.45) is 0 Å². The molecule has 3 aromatic carbocycles. The smallest absolute Gasteiger partial charge is 0.335 e. The number of carbonyl (C=O) groups is 3. The van der Waals surface area contributed by atoms with Crippen LogP contribution in [0.4, 0.5) is 5.69 Å². The van der Waals surface area contributed by atoms with Gasteiger partial charge >= 0.3 is 5.97 Å². The molecule has 0 bridgehead atoms. The van der Waals surface area contributed by atoms with Gasteiger partial charge in [-0.25, -0.2) is 4.79 Å². The number of ether oxygens (including phenoxy) is 4. The number of aromatic carboxylic acids is 1. The zero-order valence-electron chi connectivity index (χ0n) is 19.4. The van der Waals surface area contributed by atoms with Crippen LogP contribution in [0.2, 0.25) is 0 Å². The van der Waals surface area contributed by atoms with Crippen molar-refractivity contribution in [3.63, 3.8) is 0 Å². The van der Waals surface area contributed by atoms with E-state index in [0.717, 1.165) is 0 Å². The molecule has 0 spiro atoms.